The summed E-state index contributed by atoms with van der Waals surface area (Å²) in [5.41, 5.74) is -0.943. The molecule has 0 aromatic carbocycles. The number of carbonyl (C=O) groups excluding carboxylic acids is 1. The summed E-state index contributed by atoms with van der Waals surface area (Å²) in [5, 5.41) is 2.28. The van der Waals surface area contributed by atoms with Crippen molar-refractivity contribution in [2.45, 2.75) is 90.3 Å². The third-order valence-corrected chi connectivity index (χ3v) is 14.2. The summed E-state index contributed by atoms with van der Waals surface area (Å²) in [7, 11) is -3.27. The Balaban J connectivity index is 2.75. The minimum absolute atomic E-state index is 0.117. The highest BCUT2D eigenvalue weighted by Gasteiger charge is 2.55. The number of nitrogens with one attached hydrogen (secondary N) is 2. The van der Waals surface area contributed by atoms with Crippen molar-refractivity contribution in [3.05, 3.63) is 32.6 Å². The van der Waals surface area contributed by atoms with E-state index >= 15 is 0 Å². The predicted octanol–water partition coefficient (Wildman–Crippen LogP) is 2.56. The van der Waals surface area contributed by atoms with Crippen molar-refractivity contribution in [2.75, 3.05) is 53.4 Å². The first-order chi connectivity index (χ1) is 20.0. The number of H-pyrrole nitrogens is 1. The summed E-state index contributed by atoms with van der Waals surface area (Å²) in [6, 6.07) is 0. The van der Waals surface area contributed by atoms with E-state index in [1.165, 1.54) is 24.9 Å². The lowest BCUT2D eigenvalue weighted by molar-refractivity contribution is -0.135. The highest BCUT2D eigenvalue weighted by Crippen LogP contribution is 2.51. The van der Waals surface area contributed by atoms with Crippen LogP contribution in [0.25, 0.3) is 0 Å². The monoisotopic (exact) mass is 651 g/mol. The zero-order chi connectivity index (χ0) is 32.6. The number of methoxy groups -OCH3 is 1. The molecule has 2 N–H and O–H groups in total. The van der Waals surface area contributed by atoms with Crippen LogP contribution in [0.5, 0.6) is 0 Å². The van der Waals surface area contributed by atoms with Crippen molar-refractivity contribution in [2.24, 2.45) is 0 Å². The van der Waals surface area contributed by atoms with E-state index in [0.717, 1.165) is 0 Å². The molecule has 1 saturated heterocycles. The Morgan fingerprint density at radius 1 is 1.16 bits per heavy atom. The lowest BCUT2D eigenvalue weighted by Gasteiger charge is -2.41. The number of likely N-dealkylation sites (N-methyl/N-ethyl adjacent to an activating group) is 1. The van der Waals surface area contributed by atoms with Crippen molar-refractivity contribution in [1.82, 2.24) is 14.9 Å². The molecule has 5 atom stereocenters. The van der Waals surface area contributed by atoms with Crippen molar-refractivity contribution < 1.29 is 41.8 Å². The molecule has 0 spiro atoms. The van der Waals surface area contributed by atoms with Gasteiger partial charge in [-0.25, -0.2) is 4.79 Å². The zero-order valence-corrected chi connectivity index (χ0v) is 29.0. The van der Waals surface area contributed by atoms with Gasteiger partial charge >= 0.3 is 13.3 Å². The van der Waals surface area contributed by atoms with E-state index < -0.39 is 63.7 Å². The average Bonchev–Trinajstić information content (AvgIpc) is 3.25. The van der Waals surface area contributed by atoms with Gasteiger partial charge in [0.2, 0.25) is 5.91 Å². The summed E-state index contributed by atoms with van der Waals surface area (Å²) < 4.78 is 57.2. The Morgan fingerprint density at radius 3 is 2.33 bits per heavy atom. The van der Waals surface area contributed by atoms with E-state index in [0.29, 0.717) is 0 Å². The Labute approximate surface area is 254 Å². The molecule has 1 aromatic rings. The minimum atomic E-state index is -3.73. The lowest BCUT2D eigenvalue weighted by atomic mass is 10.1. The second-order valence-corrected chi connectivity index (χ2v) is 18.7. The molecule has 248 valence electrons. The van der Waals surface area contributed by atoms with Gasteiger partial charge in [0.25, 0.3) is 5.56 Å². The maximum atomic E-state index is 13.8. The Kier molecular flexibility index (Phi) is 14.0. The quantitative estimate of drug-likeness (QED) is 0.144. The van der Waals surface area contributed by atoms with Gasteiger partial charge in [-0.05, 0) is 38.9 Å². The fourth-order valence-electron chi connectivity index (χ4n) is 4.32. The van der Waals surface area contributed by atoms with E-state index in [4.69, 9.17) is 32.4 Å². The van der Waals surface area contributed by atoms with Crippen molar-refractivity contribution >= 4 is 21.8 Å². The van der Waals surface area contributed by atoms with E-state index in [1.807, 2.05) is 0 Å². The topological polar surface area (TPSA) is 166 Å². The van der Waals surface area contributed by atoms with E-state index in [1.54, 1.807) is 20.8 Å². The van der Waals surface area contributed by atoms with E-state index in [9.17, 15) is 18.9 Å². The lowest BCUT2D eigenvalue weighted by Crippen LogP contribution is -2.53. The molecule has 1 fully saturated rings. The highest BCUT2D eigenvalue weighted by atomic mass is 31.2. The number of aromatic nitrogens is 2. The second-order valence-electron chi connectivity index (χ2n) is 11.8. The van der Waals surface area contributed by atoms with E-state index in [2.05, 4.69) is 44.2 Å². The van der Waals surface area contributed by atoms with Crippen LogP contribution in [-0.4, -0.2) is 102 Å². The number of hydrogen-bond donors (Lipinski definition) is 2. The maximum Gasteiger partial charge on any atom is 0.333 e. The molecular weight excluding hydrogens is 601 g/mol. The number of hydrogen-bond acceptors (Lipinski definition) is 11. The molecular formula is C27H50N3O11PSi. The van der Waals surface area contributed by atoms with Crippen LogP contribution < -0.4 is 16.6 Å². The summed E-state index contributed by atoms with van der Waals surface area (Å²) in [6.45, 7) is 15.6. The van der Waals surface area contributed by atoms with Gasteiger partial charge in [-0.1, -0.05) is 20.8 Å². The Hall–Kier alpha value is -1.68. The molecule has 16 heteroatoms. The van der Waals surface area contributed by atoms with Crippen LogP contribution in [0.2, 0.25) is 18.1 Å². The maximum absolute atomic E-state index is 13.8. The van der Waals surface area contributed by atoms with Gasteiger partial charge in [-0.3, -0.25) is 23.7 Å². The first-order valence-electron chi connectivity index (χ1n) is 14.5. The van der Waals surface area contributed by atoms with Crippen molar-refractivity contribution in [3.63, 3.8) is 0 Å². The first-order valence-corrected chi connectivity index (χ1v) is 19.1. The number of amides is 1. The smallest absolute Gasteiger partial charge is 0.333 e. The molecule has 1 aromatic heterocycles. The molecule has 1 aliphatic rings. The number of aryl methyl sites for hydroxylation is 1. The molecule has 43 heavy (non-hydrogen) atoms. The second kappa shape index (κ2) is 16.0. The van der Waals surface area contributed by atoms with Gasteiger partial charge in [-0.2, -0.15) is 0 Å². The van der Waals surface area contributed by atoms with Crippen LogP contribution in [0.1, 0.15) is 46.4 Å². The summed E-state index contributed by atoms with van der Waals surface area (Å²) in [5.74, 6) is -0.413. The molecule has 0 radical (unpaired) electrons. The molecule has 2 heterocycles. The molecule has 0 unspecified atom stereocenters. The standard InChI is InChI=1S/C27H50N3O11PSi/c1-11-38-42(34,39-12-2)17-19(37-16-20(31)28-7)21-22(41-43(9,10)27(4,5)6)23(36-14-13-35-8)25(40-21)30-15-18(3)24(32)29-26(30)33/h15,19,21-23,25H,11-14,16-17H2,1-10H3,(H,28,31)(H,29,32,33)/t19-,21+,22+,23+,25+/m0/s1. The third kappa shape index (κ3) is 9.90. The fourth-order valence-corrected chi connectivity index (χ4v) is 7.45. The molecule has 0 bridgehead atoms. The molecule has 2 rings (SSSR count). The van der Waals surface area contributed by atoms with Gasteiger partial charge in [0, 0.05) is 25.9 Å². The molecule has 14 nitrogen and oxygen atoms in total. The largest absolute Gasteiger partial charge is 0.408 e. The van der Waals surface area contributed by atoms with Gasteiger partial charge in [0.1, 0.15) is 24.9 Å². The summed E-state index contributed by atoms with van der Waals surface area (Å²) in [4.78, 5) is 39.9. The SMILES string of the molecule is CCOP(=O)(C[C@H](OCC(=O)NC)[C@H]1O[C@@H](n2cc(C)c(=O)[nH]c2=O)[C@H](OCCOC)[C@@H]1O[Si](C)(C)C(C)(C)C)OCC. The molecule has 0 aliphatic carbocycles. The van der Waals surface area contributed by atoms with Crippen molar-refractivity contribution in [3.8, 4) is 0 Å². The first kappa shape index (κ1) is 37.5. The van der Waals surface area contributed by atoms with E-state index in [-0.39, 0.29) is 49.8 Å². The molecule has 1 amide bonds. The number of nitrogens with zero attached hydrogens (tertiary/aromatic N) is 1. The van der Waals surface area contributed by atoms with Gasteiger partial charge < -0.3 is 37.7 Å². The normalized spacial score (nSPS) is 22.1. The number of ether oxygens (including phenoxy) is 4. The molecule has 1 aliphatic heterocycles. The number of rotatable bonds is 17. The third-order valence-electron chi connectivity index (χ3n) is 7.61. The van der Waals surface area contributed by atoms with Crippen LogP contribution in [0.3, 0.4) is 0 Å². The highest BCUT2D eigenvalue weighted by molar-refractivity contribution is 7.53. The number of carbonyl (C=O) groups is 1. The zero-order valence-electron chi connectivity index (χ0n) is 27.1. The summed E-state index contributed by atoms with van der Waals surface area (Å²) in [6.07, 6.45) is -3.72. The van der Waals surface area contributed by atoms with Crippen LogP contribution in [-0.2, 0) is 41.8 Å². The van der Waals surface area contributed by atoms with Crippen molar-refractivity contribution in [1.29, 1.82) is 0 Å². The van der Waals surface area contributed by atoms with Gasteiger partial charge in [0.15, 0.2) is 14.5 Å². The minimum Gasteiger partial charge on any atom is -0.408 e. The molecule has 0 saturated carbocycles. The number of aromatic amines is 1. The Morgan fingerprint density at radius 2 is 1.79 bits per heavy atom. The predicted molar refractivity (Wildman–Crippen MR) is 163 cm³/mol. The van der Waals surface area contributed by atoms with Crippen LogP contribution in [0.4, 0.5) is 0 Å². The van der Waals surface area contributed by atoms with Gasteiger partial charge in [-0.15, -0.1) is 0 Å². The van der Waals surface area contributed by atoms with Gasteiger partial charge in [0.05, 0.1) is 38.7 Å². The fraction of sp³-hybridized carbons (Fsp3) is 0.815. The van der Waals surface area contributed by atoms with Crippen LogP contribution >= 0.6 is 7.60 Å². The summed E-state index contributed by atoms with van der Waals surface area (Å²) >= 11 is 0. The average molecular weight is 652 g/mol. The Bertz CT molecular complexity index is 1210. The van der Waals surface area contributed by atoms with Crippen LogP contribution in [0, 0.1) is 6.92 Å². The van der Waals surface area contributed by atoms with Crippen LogP contribution in [0.15, 0.2) is 15.8 Å².